The van der Waals surface area contributed by atoms with E-state index in [0.717, 1.165) is 12.8 Å². The molecule has 1 aliphatic rings. The predicted octanol–water partition coefficient (Wildman–Crippen LogP) is 1.37. The Morgan fingerprint density at radius 1 is 1.29 bits per heavy atom. The highest BCUT2D eigenvalue weighted by atomic mass is 16.2. The summed E-state index contributed by atoms with van der Waals surface area (Å²) in [5.74, 6) is 0.239. The number of carbonyl (C=O) groups excluding carboxylic acids is 2. The van der Waals surface area contributed by atoms with Gasteiger partial charge in [-0.2, -0.15) is 0 Å². The van der Waals surface area contributed by atoms with E-state index in [1.54, 1.807) is 4.90 Å². The van der Waals surface area contributed by atoms with Gasteiger partial charge in [-0.1, -0.05) is 20.8 Å². The minimum absolute atomic E-state index is 0.0540. The summed E-state index contributed by atoms with van der Waals surface area (Å²) in [5, 5.41) is 2.75. The minimum atomic E-state index is -0.136. The van der Waals surface area contributed by atoms with Crippen molar-refractivity contribution in [3.63, 3.8) is 0 Å². The fourth-order valence-corrected chi connectivity index (χ4v) is 3.28. The number of amides is 2. The van der Waals surface area contributed by atoms with Crippen LogP contribution in [0.15, 0.2) is 0 Å². The summed E-state index contributed by atoms with van der Waals surface area (Å²) < 4.78 is 0. The van der Waals surface area contributed by atoms with Gasteiger partial charge in [0.25, 0.3) is 0 Å². The Morgan fingerprint density at radius 3 is 2.43 bits per heavy atom. The molecule has 0 aromatic rings. The van der Waals surface area contributed by atoms with Crippen LogP contribution >= 0.6 is 0 Å². The van der Waals surface area contributed by atoms with Crippen molar-refractivity contribution in [2.24, 2.45) is 23.0 Å². The zero-order chi connectivity index (χ0) is 16.2. The monoisotopic (exact) mass is 297 g/mol. The fourth-order valence-electron chi connectivity index (χ4n) is 3.28. The molecule has 3 unspecified atom stereocenters. The Kier molecular flexibility index (Phi) is 6.20. The van der Waals surface area contributed by atoms with Crippen LogP contribution in [0.25, 0.3) is 0 Å². The number of nitrogens with zero attached hydrogens (tertiary/aromatic N) is 1. The third kappa shape index (κ3) is 3.96. The van der Waals surface area contributed by atoms with Crippen LogP contribution in [0, 0.1) is 17.3 Å². The lowest BCUT2D eigenvalue weighted by atomic mass is 9.60. The molecule has 0 aromatic heterocycles. The molecule has 0 bridgehead atoms. The van der Waals surface area contributed by atoms with Crippen molar-refractivity contribution in [3.8, 4) is 0 Å². The van der Waals surface area contributed by atoms with Crippen molar-refractivity contribution >= 4 is 11.8 Å². The van der Waals surface area contributed by atoms with Crippen LogP contribution in [0.1, 0.15) is 47.5 Å². The first-order chi connectivity index (χ1) is 9.75. The third-order valence-corrected chi connectivity index (χ3v) is 5.20. The van der Waals surface area contributed by atoms with E-state index in [4.69, 9.17) is 5.73 Å². The molecule has 3 N–H and O–H groups in total. The molecule has 5 nitrogen and oxygen atoms in total. The van der Waals surface area contributed by atoms with E-state index < -0.39 is 0 Å². The highest BCUT2D eigenvalue weighted by Gasteiger charge is 2.46. The Hall–Kier alpha value is -1.10. The molecule has 0 radical (unpaired) electrons. The van der Waals surface area contributed by atoms with Gasteiger partial charge in [0, 0.05) is 25.0 Å². The summed E-state index contributed by atoms with van der Waals surface area (Å²) in [5.41, 5.74) is 6.02. The Bertz CT molecular complexity index is 382. The number of likely N-dealkylation sites (N-methyl/N-ethyl adjacent to an activating group) is 2. The average Bonchev–Trinajstić information content (AvgIpc) is 2.42. The maximum Gasteiger partial charge on any atom is 0.239 e. The molecule has 2 amide bonds. The van der Waals surface area contributed by atoms with E-state index in [-0.39, 0.29) is 35.7 Å². The van der Waals surface area contributed by atoms with Crippen molar-refractivity contribution in [2.75, 3.05) is 19.6 Å². The molecule has 1 saturated carbocycles. The van der Waals surface area contributed by atoms with E-state index in [1.165, 1.54) is 0 Å². The van der Waals surface area contributed by atoms with Crippen molar-refractivity contribution in [1.29, 1.82) is 0 Å². The molecule has 0 saturated heterocycles. The number of carbonyl (C=O) groups is 2. The zero-order valence-corrected chi connectivity index (χ0v) is 14.1. The number of nitrogens with one attached hydrogen (secondary N) is 1. The summed E-state index contributed by atoms with van der Waals surface area (Å²) >= 11 is 0. The van der Waals surface area contributed by atoms with E-state index in [0.29, 0.717) is 19.0 Å². The topological polar surface area (TPSA) is 75.4 Å². The van der Waals surface area contributed by atoms with Crippen LogP contribution in [-0.2, 0) is 9.59 Å². The molecule has 0 aromatic carbocycles. The van der Waals surface area contributed by atoms with E-state index in [1.807, 2.05) is 13.8 Å². The van der Waals surface area contributed by atoms with Gasteiger partial charge in [0.1, 0.15) is 0 Å². The molecular formula is C16H31N3O2. The van der Waals surface area contributed by atoms with E-state index >= 15 is 0 Å². The van der Waals surface area contributed by atoms with Gasteiger partial charge in [-0.05, 0) is 38.0 Å². The smallest absolute Gasteiger partial charge is 0.239 e. The molecule has 21 heavy (non-hydrogen) atoms. The highest BCUT2D eigenvalue weighted by molar-refractivity contribution is 5.86. The van der Waals surface area contributed by atoms with Gasteiger partial charge in [0.05, 0.1) is 6.54 Å². The average molecular weight is 297 g/mol. The Morgan fingerprint density at radius 2 is 1.90 bits per heavy atom. The first-order valence-corrected chi connectivity index (χ1v) is 8.06. The first-order valence-electron chi connectivity index (χ1n) is 8.06. The van der Waals surface area contributed by atoms with Gasteiger partial charge < -0.3 is 16.0 Å². The van der Waals surface area contributed by atoms with Gasteiger partial charge in [-0.25, -0.2) is 0 Å². The van der Waals surface area contributed by atoms with Crippen LogP contribution < -0.4 is 11.1 Å². The van der Waals surface area contributed by atoms with Crippen LogP contribution in [0.4, 0.5) is 0 Å². The number of rotatable bonds is 5. The second-order valence-electron chi connectivity index (χ2n) is 6.71. The standard InChI is InChI=1S/C16H31N3O2/c1-6-18-14(20)10-19(7-2)15(21)12-8-9-13(17)11(3)16(12,4)5/h11-13H,6-10,17H2,1-5H3,(H,18,20). The summed E-state index contributed by atoms with van der Waals surface area (Å²) in [6, 6.07) is 0.155. The minimum Gasteiger partial charge on any atom is -0.355 e. The molecule has 5 heteroatoms. The zero-order valence-electron chi connectivity index (χ0n) is 14.1. The van der Waals surface area contributed by atoms with Gasteiger partial charge in [0.2, 0.25) is 11.8 Å². The molecule has 3 atom stereocenters. The summed E-state index contributed by atoms with van der Waals surface area (Å²) in [6.07, 6.45) is 1.68. The molecule has 0 aliphatic heterocycles. The van der Waals surface area contributed by atoms with Crippen LogP contribution in [0.5, 0.6) is 0 Å². The van der Waals surface area contributed by atoms with Gasteiger partial charge in [-0.15, -0.1) is 0 Å². The lowest BCUT2D eigenvalue weighted by Crippen LogP contribution is -2.53. The lowest BCUT2D eigenvalue weighted by Gasteiger charge is -2.47. The summed E-state index contributed by atoms with van der Waals surface area (Å²) in [4.78, 5) is 26.3. The van der Waals surface area contributed by atoms with Gasteiger partial charge in [-0.3, -0.25) is 9.59 Å². The molecule has 122 valence electrons. The summed E-state index contributed by atoms with van der Waals surface area (Å²) in [6.45, 7) is 11.5. The van der Waals surface area contributed by atoms with E-state index in [9.17, 15) is 9.59 Å². The molecule has 0 heterocycles. The van der Waals surface area contributed by atoms with Crippen molar-refractivity contribution < 1.29 is 9.59 Å². The SMILES string of the molecule is CCNC(=O)CN(CC)C(=O)C1CCC(N)C(C)C1(C)C. The number of hydrogen-bond acceptors (Lipinski definition) is 3. The molecule has 1 fully saturated rings. The van der Waals surface area contributed by atoms with Crippen LogP contribution in [0.2, 0.25) is 0 Å². The normalized spacial score (nSPS) is 28.0. The van der Waals surface area contributed by atoms with Crippen molar-refractivity contribution in [2.45, 2.75) is 53.5 Å². The van der Waals surface area contributed by atoms with Crippen molar-refractivity contribution in [3.05, 3.63) is 0 Å². The fraction of sp³-hybridized carbons (Fsp3) is 0.875. The molecule has 1 aliphatic carbocycles. The van der Waals surface area contributed by atoms with Crippen molar-refractivity contribution in [1.82, 2.24) is 10.2 Å². The molecule has 0 spiro atoms. The lowest BCUT2D eigenvalue weighted by molar-refractivity contribution is -0.146. The number of nitrogens with two attached hydrogens (primary N) is 1. The number of hydrogen-bond donors (Lipinski definition) is 2. The van der Waals surface area contributed by atoms with Crippen LogP contribution in [0.3, 0.4) is 0 Å². The second-order valence-corrected chi connectivity index (χ2v) is 6.71. The van der Waals surface area contributed by atoms with Crippen LogP contribution in [-0.4, -0.2) is 42.4 Å². The Labute approximate surface area is 128 Å². The maximum absolute atomic E-state index is 12.8. The Balaban J connectivity index is 2.82. The summed E-state index contributed by atoms with van der Waals surface area (Å²) in [7, 11) is 0. The van der Waals surface area contributed by atoms with E-state index in [2.05, 4.69) is 26.1 Å². The largest absolute Gasteiger partial charge is 0.355 e. The predicted molar refractivity (Wildman–Crippen MR) is 84.6 cm³/mol. The quantitative estimate of drug-likeness (QED) is 0.805. The van der Waals surface area contributed by atoms with Gasteiger partial charge >= 0.3 is 0 Å². The van der Waals surface area contributed by atoms with Gasteiger partial charge in [0.15, 0.2) is 0 Å². The molecule has 1 rings (SSSR count). The maximum atomic E-state index is 12.8. The highest BCUT2D eigenvalue weighted by Crippen LogP contribution is 2.45. The molecular weight excluding hydrogens is 266 g/mol. The third-order valence-electron chi connectivity index (χ3n) is 5.20. The second kappa shape index (κ2) is 7.25. The first kappa shape index (κ1) is 18.0.